The van der Waals surface area contributed by atoms with Gasteiger partial charge in [-0.2, -0.15) is 0 Å². The Balaban J connectivity index is 1.66. The topological polar surface area (TPSA) is 111 Å². The van der Waals surface area contributed by atoms with E-state index in [1.165, 1.54) is 25.3 Å². The second kappa shape index (κ2) is 8.81. The molecule has 1 amide bonds. The van der Waals surface area contributed by atoms with Gasteiger partial charge in [-0.05, 0) is 55.3 Å². The predicted octanol–water partition coefficient (Wildman–Crippen LogP) is 2.58. The maximum absolute atomic E-state index is 12.5. The average molecular weight is 439 g/mol. The van der Waals surface area contributed by atoms with Gasteiger partial charge in [0.25, 0.3) is 5.91 Å². The van der Waals surface area contributed by atoms with E-state index in [9.17, 15) is 18.0 Å². The van der Waals surface area contributed by atoms with Gasteiger partial charge in [-0.3, -0.25) is 4.79 Å². The molecule has 0 unspecified atom stereocenters. The van der Waals surface area contributed by atoms with Crippen molar-refractivity contribution in [2.45, 2.75) is 23.8 Å². The summed E-state index contributed by atoms with van der Waals surface area (Å²) in [6.07, 6.45) is 1.54. The zero-order valence-corrected chi connectivity index (χ0v) is 17.0. The Kier molecular flexibility index (Phi) is 6.41. The third-order valence-corrected chi connectivity index (χ3v) is 5.84. The minimum atomic E-state index is -3.84. The zero-order chi connectivity index (χ0) is 21.0. The normalized spacial score (nSPS) is 13.6. The molecule has 2 aromatic carbocycles. The van der Waals surface area contributed by atoms with Crippen LogP contribution in [0.5, 0.6) is 5.75 Å². The molecule has 0 atom stereocenters. The highest BCUT2D eigenvalue weighted by atomic mass is 35.5. The Hall–Kier alpha value is -2.62. The van der Waals surface area contributed by atoms with Crippen LogP contribution in [0.25, 0.3) is 0 Å². The summed E-state index contributed by atoms with van der Waals surface area (Å²) >= 11 is 5.78. The van der Waals surface area contributed by atoms with Crippen molar-refractivity contribution in [3.63, 3.8) is 0 Å². The van der Waals surface area contributed by atoms with Gasteiger partial charge in [0, 0.05) is 16.8 Å². The van der Waals surface area contributed by atoms with Gasteiger partial charge in [-0.1, -0.05) is 11.6 Å². The number of carbonyl (C=O) groups excluding carboxylic acids is 2. The number of esters is 1. The van der Waals surface area contributed by atoms with E-state index in [1.807, 2.05) is 0 Å². The molecular weight excluding hydrogens is 420 g/mol. The van der Waals surface area contributed by atoms with Gasteiger partial charge in [0.15, 0.2) is 6.61 Å². The first-order chi connectivity index (χ1) is 13.8. The molecule has 0 aliphatic heterocycles. The second-order valence-electron chi connectivity index (χ2n) is 6.39. The Morgan fingerprint density at radius 1 is 1.14 bits per heavy atom. The molecule has 3 rings (SSSR count). The number of hydrogen-bond acceptors (Lipinski definition) is 6. The number of nitrogens with one attached hydrogen (secondary N) is 2. The molecule has 0 aromatic heterocycles. The first-order valence-corrected chi connectivity index (χ1v) is 10.6. The number of amides is 1. The first-order valence-electron chi connectivity index (χ1n) is 8.71. The molecule has 0 radical (unpaired) electrons. The van der Waals surface area contributed by atoms with Crippen molar-refractivity contribution in [1.82, 2.24) is 4.72 Å². The smallest absolute Gasteiger partial charge is 0.338 e. The third-order valence-electron chi connectivity index (χ3n) is 4.05. The van der Waals surface area contributed by atoms with Gasteiger partial charge in [0.05, 0.1) is 12.7 Å². The molecule has 0 bridgehead atoms. The lowest BCUT2D eigenvalue weighted by Crippen LogP contribution is -2.26. The summed E-state index contributed by atoms with van der Waals surface area (Å²) in [6, 6.07) is 10.2. The minimum Gasteiger partial charge on any atom is -0.495 e. The highest BCUT2D eigenvalue weighted by Crippen LogP contribution is 2.28. The van der Waals surface area contributed by atoms with Crippen molar-refractivity contribution in [2.75, 3.05) is 19.0 Å². The fourth-order valence-corrected chi connectivity index (χ4v) is 4.07. The number of methoxy groups -OCH3 is 1. The molecule has 1 aliphatic carbocycles. The summed E-state index contributed by atoms with van der Waals surface area (Å²) in [5, 5.41) is 3.08. The van der Waals surface area contributed by atoms with Crippen LogP contribution in [0.2, 0.25) is 5.02 Å². The molecule has 1 saturated carbocycles. The van der Waals surface area contributed by atoms with Gasteiger partial charge in [0.1, 0.15) is 10.6 Å². The molecule has 154 valence electrons. The van der Waals surface area contributed by atoms with Crippen LogP contribution in [0.15, 0.2) is 47.4 Å². The number of sulfonamides is 1. The van der Waals surface area contributed by atoms with Gasteiger partial charge in [0.2, 0.25) is 10.0 Å². The Bertz CT molecular complexity index is 1020. The minimum absolute atomic E-state index is 0.0127. The summed E-state index contributed by atoms with van der Waals surface area (Å²) in [4.78, 5) is 24.1. The molecule has 1 aliphatic rings. The Labute approximate surface area is 173 Å². The quantitative estimate of drug-likeness (QED) is 0.613. The van der Waals surface area contributed by atoms with Crippen LogP contribution < -0.4 is 14.8 Å². The van der Waals surface area contributed by atoms with Crippen LogP contribution in [-0.4, -0.2) is 40.1 Å². The Morgan fingerprint density at radius 2 is 1.83 bits per heavy atom. The number of hydrogen-bond donors (Lipinski definition) is 2. The highest BCUT2D eigenvalue weighted by molar-refractivity contribution is 7.89. The molecule has 0 heterocycles. The van der Waals surface area contributed by atoms with E-state index in [4.69, 9.17) is 21.1 Å². The lowest BCUT2D eigenvalue weighted by Gasteiger charge is -2.12. The van der Waals surface area contributed by atoms with Crippen LogP contribution in [-0.2, 0) is 19.6 Å². The van der Waals surface area contributed by atoms with Gasteiger partial charge in [-0.25, -0.2) is 17.9 Å². The molecule has 2 aromatic rings. The monoisotopic (exact) mass is 438 g/mol. The fraction of sp³-hybridized carbons (Fsp3) is 0.263. The summed E-state index contributed by atoms with van der Waals surface area (Å²) in [7, 11) is -2.51. The molecule has 8 nitrogen and oxygen atoms in total. The summed E-state index contributed by atoms with van der Waals surface area (Å²) < 4.78 is 37.6. The van der Waals surface area contributed by atoms with Crippen molar-refractivity contribution in [1.29, 1.82) is 0 Å². The number of halogens is 1. The van der Waals surface area contributed by atoms with Crippen molar-refractivity contribution in [3.8, 4) is 5.75 Å². The largest absolute Gasteiger partial charge is 0.495 e. The van der Waals surface area contributed by atoms with E-state index < -0.39 is 28.5 Å². The van der Waals surface area contributed by atoms with E-state index in [0.717, 1.165) is 12.8 Å². The van der Waals surface area contributed by atoms with Crippen molar-refractivity contribution in [3.05, 3.63) is 53.1 Å². The molecule has 0 spiro atoms. The molecule has 10 heteroatoms. The SMILES string of the molecule is COc1ccc(C(=O)OCC(=O)Nc2ccc(Cl)cc2)cc1S(=O)(=O)NC1CC1. The van der Waals surface area contributed by atoms with Crippen molar-refractivity contribution < 1.29 is 27.5 Å². The second-order valence-corrected chi connectivity index (χ2v) is 8.51. The molecular formula is C19H19ClN2O6S. The first kappa shape index (κ1) is 21.1. The molecule has 0 saturated heterocycles. The number of rotatable bonds is 8. The summed E-state index contributed by atoms with van der Waals surface area (Å²) in [6.45, 7) is -0.532. The Morgan fingerprint density at radius 3 is 2.45 bits per heavy atom. The van der Waals surface area contributed by atoms with Crippen LogP contribution in [0.3, 0.4) is 0 Å². The van der Waals surface area contributed by atoms with E-state index in [-0.39, 0.29) is 22.3 Å². The van der Waals surface area contributed by atoms with Crippen LogP contribution >= 0.6 is 11.6 Å². The maximum atomic E-state index is 12.5. The van der Waals surface area contributed by atoms with E-state index in [0.29, 0.717) is 10.7 Å². The maximum Gasteiger partial charge on any atom is 0.338 e. The summed E-state index contributed by atoms with van der Waals surface area (Å²) in [5.41, 5.74) is 0.487. The van der Waals surface area contributed by atoms with Gasteiger partial charge < -0.3 is 14.8 Å². The molecule has 2 N–H and O–H groups in total. The van der Waals surface area contributed by atoms with Crippen molar-refractivity contribution >= 4 is 39.2 Å². The fourth-order valence-electron chi connectivity index (χ4n) is 2.44. The standard InChI is InChI=1S/C19H19ClN2O6S/c1-27-16-9-2-12(10-17(16)29(25,26)22-15-7-8-15)19(24)28-11-18(23)21-14-5-3-13(20)4-6-14/h2-6,9-10,15,22H,7-8,11H2,1H3,(H,21,23). The van der Waals surface area contributed by atoms with E-state index in [1.54, 1.807) is 24.3 Å². The van der Waals surface area contributed by atoms with Gasteiger partial charge in [-0.15, -0.1) is 0 Å². The van der Waals surface area contributed by atoms with Crippen LogP contribution in [0, 0.1) is 0 Å². The van der Waals surface area contributed by atoms with E-state index >= 15 is 0 Å². The van der Waals surface area contributed by atoms with Gasteiger partial charge >= 0.3 is 5.97 Å². The molecule has 29 heavy (non-hydrogen) atoms. The predicted molar refractivity (Wildman–Crippen MR) is 107 cm³/mol. The number of ether oxygens (including phenoxy) is 2. The van der Waals surface area contributed by atoms with Crippen LogP contribution in [0.4, 0.5) is 5.69 Å². The number of benzene rings is 2. The summed E-state index contributed by atoms with van der Waals surface area (Å²) in [5.74, 6) is -1.27. The highest BCUT2D eigenvalue weighted by Gasteiger charge is 2.30. The van der Waals surface area contributed by atoms with Crippen LogP contribution in [0.1, 0.15) is 23.2 Å². The van der Waals surface area contributed by atoms with E-state index in [2.05, 4.69) is 10.0 Å². The van der Waals surface area contributed by atoms with Crippen molar-refractivity contribution in [2.24, 2.45) is 0 Å². The lowest BCUT2D eigenvalue weighted by atomic mass is 10.2. The zero-order valence-electron chi connectivity index (χ0n) is 15.5. The third kappa shape index (κ3) is 5.69. The number of carbonyl (C=O) groups is 2. The number of anilines is 1. The lowest BCUT2D eigenvalue weighted by molar-refractivity contribution is -0.119. The molecule has 1 fully saturated rings. The average Bonchev–Trinajstić information content (AvgIpc) is 3.50.